The molecule has 1 aliphatic carbocycles. The maximum atomic E-state index is 13.9. The third-order valence-corrected chi connectivity index (χ3v) is 7.50. The van der Waals surface area contributed by atoms with Gasteiger partial charge in [0.05, 0.1) is 0 Å². The number of nitrogens with two attached hydrogens (primary N) is 1. The number of halogens is 2. The predicted molar refractivity (Wildman–Crippen MR) is 142 cm³/mol. The van der Waals surface area contributed by atoms with Gasteiger partial charge in [0.25, 0.3) is 0 Å². The number of benzene rings is 2. The smallest absolute Gasteiger partial charge is 0.248 e. The molecule has 35 heavy (non-hydrogen) atoms. The Hall–Kier alpha value is -2.80. The fourth-order valence-electron chi connectivity index (χ4n) is 5.07. The van der Waals surface area contributed by atoms with Crippen molar-refractivity contribution in [1.29, 1.82) is 0 Å². The van der Waals surface area contributed by atoms with Crippen molar-refractivity contribution < 1.29 is 13.6 Å². The second-order valence-electron chi connectivity index (χ2n) is 9.56. The van der Waals surface area contributed by atoms with Crippen LogP contribution in [0.5, 0.6) is 0 Å². The number of thiocarbonyl (C=S) groups is 1. The van der Waals surface area contributed by atoms with Gasteiger partial charge in [-0.2, -0.15) is 0 Å². The van der Waals surface area contributed by atoms with Crippen LogP contribution in [0.2, 0.25) is 0 Å². The number of amides is 1. The normalized spacial score (nSPS) is 16.0. The van der Waals surface area contributed by atoms with Crippen LogP contribution >= 0.6 is 12.2 Å². The molecule has 1 heterocycles. The van der Waals surface area contributed by atoms with Crippen molar-refractivity contribution in [3.63, 3.8) is 0 Å². The predicted octanol–water partition coefficient (Wildman–Crippen LogP) is 6.75. The first kappa shape index (κ1) is 25.3. The van der Waals surface area contributed by atoms with E-state index in [-0.39, 0.29) is 30.7 Å². The SMILES string of the molecule is CCC(CC)C(=O)NCc1ccc2c(-c3cccc(C(N)=S)c3)cn(C3CCC(F)(F)CC3)c2c1. The van der Waals surface area contributed by atoms with Gasteiger partial charge in [-0.05, 0) is 48.9 Å². The third-order valence-electron chi connectivity index (χ3n) is 7.26. The van der Waals surface area contributed by atoms with E-state index >= 15 is 0 Å². The minimum absolute atomic E-state index is 0.000883. The Labute approximate surface area is 210 Å². The van der Waals surface area contributed by atoms with Gasteiger partial charge < -0.3 is 15.6 Å². The van der Waals surface area contributed by atoms with Gasteiger partial charge in [-0.15, -0.1) is 0 Å². The third kappa shape index (κ3) is 5.56. The molecule has 7 heteroatoms. The summed E-state index contributed by atoms with van der Waals surface area (Å²) in [4.78, 5) is 12.8. The molecule has 0 bridgehead atoms. The first-order valence-electron chi connectivity index (χ1n) is 12.4. The Balaban J connectivity index is 1.72. The summed E-state index contributed by atoms with van der Waals surface area (Å²) in [5.41, 5.74) is 10.6. The largest absolute Gasteiger partial charge is 0.389 e. The van der Waals surface area contributed by atoms with Crippen molar-refractivity contribution in [2.24, 2.45) is 11.7 Å². The molecule has 1 aromatic heterocycles. The van der Waals surface area contributed by atoms with Crippen LogP contribution in [0, 0.1) is 5.92 Å². The number of rotatable bonds is 8. The number of aromatic nitrogens is 1. The number of hydrogen-bond donors (Lipinski definition) is 2. The van der Waals surface area contributed by atoms with Crippen LogP contribution in [0.15, 0.2) is 48.7 Å². The molecule has 1 saturated carbocycles. The van der Waals surface area contributed by atoms with E-state index in [4.69, 9.17) is 18.0 Å². The second kappa shape index (κ2) is 10.4. The van der Waals surface area contributed by atoms with Crippen molar-refractivity contribution in [2.75, 3.05) is 0 Å². The number of carbonyl (C=O) groups is 1. The van der Waals surface area contributed by atoms with E-state index in [9.17, 15) is 13.6 Å². The zero-order chi connectivity index (χ0) is 25.2. The lowest BCUT2D eigenvalue weighted by Gasteiger charge is -2.29. The summed E-state index contributed by atoms with van der Waals surface area (Å²) in [5, 5.41) is 4.10. The minimum atomic E-state index is -2.59. The van der Waals surface area contributed by atoms with Crippen LogP contribution in [-0.4, -0.2) is 21.4 Å². The first-order chi connectivity index (χ1) is 16.7. The molecular weight excluding hydrogens is 464 g/mol. The van der Waals surface area contributed by atoms with Crippen LogP contribution in [0.25, 0.3) is 22.0 Å². The van der Waals surface area contributed by atoms with Crippen LogP contribution < -0.4 is 11.1 Å². The molecule has 3 aromatic rings. The highest BCUT2D eigenvalue weighted by Crippen LogP contribution is 2.42. The van der Waals surface area contributed by atoms with Crippen molar-refractivity contribution in [3.8, 4) is 11.1 Å². The molecule has 0 radical (unpaired) electrons. The van der Waals surface area contributed by atoms with Gasteiger partial charge >= 0.3 is 0 Å². The molecule has 4 nitrogen and oxygen atoms in total. The Morgan fingerprint density at radius 2 is 1.89 bits per heavy atom. The summed E-state index contributed by atoms with van der Waals surface area (Å²) in [7, 11) is 0. The van der Waals surface area contributed by atoms with E-state index in [0.29, 0.717) is 24.4 Å². The minimum Gasteiger partial charge on any atom is -0.389 e. The second-order valence-corrected chi connectivity index (χ2v) is 10.0. The quantitative estimate of drug-likeness (QED) is 0.339. The lowest BCUT2D eigenvalue weighted by molar-refractivity contribution is -0.125. The molecule has 2 aromatic carbocycles. The van der Waals surface area contributed by atoms with Crippen LogP contribution in [0.1, 0.15) is 69.5 Å². The maximum absolute atomic E-state index is 13.9. The summed E-state index contributed by atoms with van der Waals surface area (Å²) in [6.07, 6.45) is 4.35. The van der Waals surface area contributed by atoms with Crippen LogP contribution in [-0.2, 0) is 11.3 Å². The number of nitrogens with zero attached hydrogens (tertiary/aromatic N) is 1. The molecule has 1 amide bonds. The summed E-state index contributed by atoms with van der Waals surface area (Å²) in [6.45, 7) is 4.48. The zero-order valence-corrected chi connectivity index (χ0v) is 21.1. The molecule has 186 valence electrons. The highest BCUT2D eigenvalue weighted by molar-refractivity contribution is 7.80. The molecule has 1 fully saturated rings. The highest BCUT2D eigenvalue weighted by atomic mass is 32.1. The van der Waals surface area contributed by atoms with Crippen molar-refractivity contribution in [1.82, 2.24) is 9.88 Å². The van der Waals surface area contributed by atoms with E-state index in [2.05, 4.69) is 28.2 Å². The number of nitrogens with one attached hydrogen (secondary N) is 1. The summed E-state index contributed by atoms with van der Waals surface area (Å²) in [6, 6.07) is 14.0. The molecule has 4 rings (SSSR count). The molecule has 0 aliphatic heterocycles. The fourth-order valence-corrected chi connectivity index (χ4v) is 5.20. The van der Waals surface area contributed by atoms with Crippen molar-refractivity contribution >= 4 is 34.0 Å². The summed E-state index contributed by atoms with van der Waals surface area (Å²) < 4.78 is 29.9. The van der Waals surface area contributed by atoms with Gasteiger partial charge in [0.1, 0.15) is 4.99 Å². The molecular formula is C28H33F2N3OS. The Kier molecular flexibility index (Phi) is 7.55. The van der Waals surface area contributed by atoms with Crippen LogP contribution in [0.3, 0.4) is 0 Å². The number of hydrogen-bond acceptors (Lipinski definition) is 2. The monoisotopic (exact) mass is 497 g/mol. The van der Waals surface area contributed by atoms with Gasteiger partial charge in [0, 0.05) is 59.6 Å². The van der Waals surface area contributed by atoms with E-state index in [1.165, 1.54) is 0 Å². The van der Waals surface area contributed by atoms with Crippen molar-refractivity contribution in [3.05, 3.63) is 59.8 Å². The Morgan fingerprint density at radius 1 is 1.17 bits per heavy atom. The zero-order valence-electron chi connectivity index (χ0n) is 20.3. The Morgan fingerprint density at radius 3 is 2.54 bits per heavy atom. The molecule has 0 spiro atoms. The molecule has 0 unspecified atom stereocenters. The molecule has 0 saturated heterocycles. The van der Waals surface area contributed by atoms with Gasteiger partial charge in [0.15, 0.2) is 0 Å². The summed E-state index contributed by atoms with van der Waals surface area (Å²) >= 11 is 5.17. The van der Waals surface area contributed by atoms with E-state index < -0.39 is 5.92 Å². The molecule has 1 aliphatic rings. The lowest BCUT2D eigenvalue weighted by atomic mass is 9.92. The standard InChI is InChI=1S/C28H33F2N3OS/c1-3-19(4-2)27(34)32-16-18-8-9-23-24(20-6-5-7-21(15-20)26(31)35)17-33(25(23)14-18)22-10-12-28(29,30)13-11-22/h5-9,14-15,17,19,22H,3-4,10-13,16H2,1-2H3,(H2,31,35)(H,32,34). The van der Waals surface area contributed by atoms with Crippen molar-refractivity contribution in [2.45, 2.75) is 70.9 Å². The number of carbonyl (C=O) groups excluding carboxylic acids is 1. The van der Waals surface area contributed by atoms with Gasteiger partial charge in [-0.3, -0.25) is 4.79 Å². The first-order valence-corrected chi connectivity index (χ1v) is 12.8. The van der Waals surface area contributed by atoms with Gasteiger partial charge in [-0.1, -0.05) is 56.4 Å². The van der Waals surface area contributed by atoms with E-state index in [1.807, 2.05) is 44.2 Å². The van der Waals surface area contributed by atoms with E-state index in [1.54, 1.807) is 0 Å². The Bertz CT molecular complexity index is 1220. The van der Waals surface area contributed by atoms with Gasteiger partial charge in [-0.25, -0.2) is 8.78 Å². The van der Waals surface area contributed by atoms with Gasteiger partial charge in [0.2, 0.25) is 11.8 Å². The maximum Gasteiger partial charge on any atom is 0.248 e. The fraction of sp³-hybridized carbons (Fsp3) is 0.429. The average molecular weight is 498 g/mol. The topological polar surface area (TPSA) is 60.1 Å². The molecule has 0 atom stereocenters. The average Bonchev–Trinajstić information content (AvgIpc) is 3.22. The summed E-state index contributed by atoms with van der Waals surface area (Å²) in [5.74, 6) is -2.51. The van der Waals surface area contributed by atoms with E-state index in [0.717, 1.165) is 46.0 Å². The lowest BCUT2D eigenvalue weighted by Crippen LogP contribution is -2.29. The number of alkyl halides is 2. The number of fused-ring (bicyclic) bond motifs is 1. The van der Waals surface area contributed by atoms with Crippen LogP contribution in [0.4, 0.5) is 8.78 Å². The highest BCUT2D eigenvalue weighted by Gasteiger charge is 2.36. The molecule has 3 N–H and O–H groups in total.